The number of carbonyl (C=O) groups excluding carboxylic acids is 1. The van der Waals surface area contributed by atoms with Crippen LogP contribution in [0.4, 0.5) is 0 Å². The van der Waals surface area contributed by atoms with E-state index >= 15 is 0 Å². The molecule has 0 heterocycles. The number of hydrogen-bond acceptors (Lipinski definition) is 2. The van der Waals surface area contributed by atoms with Gasteiger partial charge in [-0.25, -0.2) is 0 Å². The summed E-state index contributed by atoms with van der Waals surface area (Å²) in [5.74, 6) is -0.0386. The van der Waals surface area contributed by atoms with E-state index in [0.29, 0.717) is 17.2 Å². The van der Waals surface area contributed by atoms with Crippen molar-refractivity contribution in [2.75, 3.05) is 6.61 Å². The first kappa shape index (κ1) is 14.3. The average Bonchev–Trinajstić information content (AvgIpc) is 2.38. The van der Waals surface area contributed by atoms with Crippen LogP contribution in [0.1, 0.15) is 15.9 Å². The van der Waals surface area contributed by atoms with Gasteiger partial charge in [0.2, 0.25) is 0 Å². The molecular formula is C15H12BrClO2. The number of benzene rings is 2. The topological polar surface area (TPSA) is 26.3 Å². The van der Waals surface area contributed by atoms with Gasteiger partial charge in [0.1, 0.15) is 6.61 Å². The summed E-state index contributed by atoms with van der Waals surface area (Å²) in [7, 11) is 0. The minimum atomic E-state index is -0.0386. The van der Waals surface area contributed by atoms with Gasteiger partial charge in [0, 0.05) is 15.1 Å². The van der Waals surface area contributed by atoms with E-state index in [1.807, 2.05) is 30.3 Å². The fourth-order valence-corrected chi connectivity index (χ4v) is 2.25. The normalized spacial score (nSPS) is 10.4. The Hall–Kier alpha value is -1.16. The zero-order valence-electron chi connectivity index (χ0n) is 10.1. The van der Waals surface area contributed by atoms with Crippen LogP contribution in [0.3, 0.4) is 0 Å². The smallest absolute Gasteiger partial charge is 0.188 e. The Bertz CT molecular complexity index is 584. The quantitative estimate of drug-likeness (QED) is 0.750. The van der Waals surface area contributed by atoms with Gasteiger partial charge in [0.25, 0.3) is 0 Å². The van der Waals surface area contributed by atoms with E-state index in [-0.39, 0.29) is 12.4 Å². The molecule has 4 heteroatoms. The van der Waals surface area contributed by atoms with Crippen molar-refractivity contribution < 1.29 is 9.53 Å². The zero-order valence-corrected chi connectivity index (χ0v) is 12.4. The van der Waals surface area contributed by atoms with Crippen LogP contribution in [0.15, 0.2) is 53.0 Å². The van der Waals surface area contributed by atoms with Gasteiger partial charge < -0.3 is 4.74 Å². The molecule has 0 aliphatic rings. The third-order valence-electron chi connectivity index (χ3n) is 2.54. The average molecular weight is 340 g/mol. The lowest BCUT2D eigenvalue weighted by Gasteiger charge is -2.05. The Morgan fingerprint density at radius 1 is 1.16 bits per heavy atom. The van der Waals surface area contributed by atoms with Crippen molar-refractivity contribution in [1.82, 2.24) is 0 Å². The van der Waals surface area contributed by atoms with E-state index in [0.717, 1.165) is 10.0 Å². The van der Waals surface area contributed by atoms with Crippen molar-refractivity contribution in [2.24, 2.45) is 0 Å². The van der Waals surface area contributed by atoms with Gasteiger partial charge >= 0.3 is 0 Å². The van der Waals surface area contributed by atoms with Gasteiger partial charge in [0.15, 0.2) is 5.78 Å². The Kier molecular flexibility index (Phi) is 5.14. The molecule has 0 unspecified atom stereocenters. The molecule has 0 aromatic heterocycles. The second-order valence-corrected chi connectivity index (χ2v) is 5.41. The van der Waals surface area contributed by atoms with Crippen LogP contribution >= 0.6 is 27.5 Å². The first-order valence-electron chi connectivity index (χ1n) is 5.76. The molecule has 0 aliphatic carbocycles. The van der Waals surface area contributed by atoms with E-state index in [1.54, 1.807) is 18.2 Å². The van der Waals surface area contributed by atoms with Gasteiger partial charge in [0.05, 0.1) is 6.61 Å². The summed E-state index contributed by atoms with van der Waals surface area (Å²) in [6.45, 7) is 0.434. The van der Waals surface area contributed by atoms with Gasteiger partial charge in [-0.2, -0.15) is 0 Å². The van der Waals surface area contributed by atoms with Crippen molar-refractivity contribution in [1.29, 1.82) is 0 Å². The molecule has 0 radical (unpaired) electrons. The minimum Gasteiger partial charge on any atom is -0.369 e. The Labute approximate surface area is 125 Å². The molecule has 0 aliphatic heterocycles. The van der Waals surface area contributed by atoms with Crippen LogP contribution in [0.2, 0.25) is 5.02 Å². The third-order valence-corrected chi connectivity index (χ3v) is 3.27. The first-order chi connectivity index (χ1) is 9.15. The SMILES string of the molecule is O=C(COCc1cccc(Cl)c1)c1cccc(Br)c1. The van der Waals surface area contributed by atoms with Gasteiger partial charge in [-0.1, -0.05) is 51.8 Å². The molecule has 2 aromatic rings. The molecule has 0 atom stereocenters. The number of ketones is 1. The first-order valence-corrected chi connectivity index (χ1v) is 6.93. The Balaban J connectivity index is 1.87. The Morgan fingerprint density at radius 3 is 2.68 bits per heavy atom. The summed E-state index contributed by atoms with van der Waals surface area (Å²) in [6.07, 6.45) is 0. The summed E-state index contributed by atoms with van der Waals surface area (Å²) < 4.78 is 6.29. The van der Waals surface area contributed by atoms with E-state index < -0.39 is 0 Å². The van der Waals surface area contributed by atoms with E-state index in [1.165, 1.54) is 0 Å². The number of ether oxygens (including phenoxy) is 1. The number of carbonyl (C=O) groups is 1. The predicted octanol–water partition coefficient (Wildman–Crippen LogP) is 4.50. The molecule has 98 valence electrons. The highest BCUT2D eigenvalue weighted by Gasteiger charge is 2.06. The van der Waals surface area contributed by atoms with Crippen molar-refractivity contribution in [2.45, 2.75) is 6.61 Å². The summed E-state index contributed by atoms with van der Waals surface area (Å²) in [6, 6.07) is 14.7. The second-order valence-electron chi connectivity index (χ2n) is 4.06. The Morgan fingerprint density at radius 2 is 1.95 bits per heavy atom. The zero-order chi connectivity index (χ0) is 13.7. The molecule has 0 fully saturated rings. The highest BCUT2D eigenvalue weighted by atomic mass is 79.9. The molecule has 0 N–H and O–H groups in total. The third kappa shape index (κ3) is 4.46. The van der Waals surface area contributed by atoms with Crippen molar-refractivity contribution in [3.63, 3.8) is 0 Å². The minimum absolute atomic E-state index is 0.0386. The summed E-state index contributed by atoms with van der Waals surface area (Å²) >= 11 is 9.21. The lowest BCUT2D eigenvalue weighted by molar-refractivity contribution is 0.0726. The summed E-state index contributed by atoms with van der Waals surface area (Å²) in [5, 5.41) is 0.666. The van der Waals surface area contributed by atoms with Gasteiger partial charge in [-0.3, -0.25) is 4.79 Å². The molecule has 19 heavy (non-hydrogen) atoms. The van der Waals surface area contributed by atoms with Crippen LogP contribution < -0.4 is 0 Å². The number of hydrogen-bond donors (Lipinski definition) is 0. The molecule has 0 bridgehead atoms. The highest BCUT2D eigenvalue weighted by Crippen LogP contribution is 2.13. The molecule has 2 rings (SSSR count). The number of rotatable bonds is 5. The molecule has 2 aromatic carbocycles. The monoisotopic (exact) mass is 338 g/mol. The lowest BCUT2D eigenvalue weighted by atomic mass is 10.1. The summed E-state index contributed by atoms with van der Waals surface area (Å²) in [5.41, 5.74) is 1.59. The van der Waals surface area contributed by atoms with Crippen LogP contribution in [-0.2, 0) is 11.3 Å². The van der Waals surface area contributed by atoms with E-state index in [2.05, 4.69) is 15.9 Å². The maximum atomic E-state index is 11.9. The van der Waals surface area contributed by atoms with E-state index in [9.17, 15) is 4.79 Å². The molecule has 0 amide bonds. The van der Waals surface area contributed by atoms with E-state index in [4.69, 9.17) is 16.3 Å². The maximum Gasteiger partial charge on any atom is 0.188 e. The standard InChI is InChI=1S/C15H12BrClO2/c16-13-5-2-4-12(8-13)15(18)10-19-9-11-3-1-6-14(17)7-11/h1-8H,9-10H2. The number of Topliss-reactive ketones (excluding diaryl/α,β-unsaturated/α-hetero) is 1. The van der Waals surface area contributed by atoms with Crippen molar-refractivity contribution in [3.05, 3.63) is 69.2 Å². The second kappa shape index (κ2) is 6.85. The molecular weight excluding hydrogens is 328 g/mol. The molecule has 0 spiro atoms. The fraction of sp³-hybridized carbons (Fsp3) is 0.133. The van der Waals surface area contributed by atoms with Crippen LogP contribution in [0.25, 0.3) is 0 Å². The number of halogens is 2. The van der Waals surface area contributed by atoms with Crippen LogP contribution in [-0.4, -0.2) is 12.4 Å². The van der Waals surface area contributed by atoms with Gasteiger partial charge in [-0.05, 0) is 29.8 Å². The van der Waals surface area contributed by atoms with Crippen molar-refractivity contribution >= 4 is 33.3 Å². The largest absolute Gasteiger partial charge is 0.369 e. The predicted molar refractivity (Wildman–Crippen MR) is 79.6 cm³/mol. The maximum absolute atomic E-state index is 11.9. The van der Waals surface area contributed by atoms with Crippen LogP contribution in [0.5, 0.6) is 0 Å². The molecule has 0 saturated heterocycles. The van der Waals surface area contributed by atoms with Crippen LogP contribution in [0, 0.1) is 0 Å². The highest BCUT2D eigenvalue weighted by molar-refractivity contribution is 9.10. The van der Waals surface area contributed by atoms with Crippen molar-refractivity contribution in [3.8, 4) is 0 Å². The summed E-state index contributed by atoms with van der Waals surface area (Å²) in [4.78, 5) is 11.9. The fourth-order valence-electron chi connectivity index (χ4n) is 1.63. The lowest BCUT2D eigenvalue weighted by Crippen LogP contribution is -2.09. The van der Waals surface area contributed by atoms with Gasteiger partial charge in [-0.15, -0.1) is 0 Å². The molecule has 0 saturated carbocycles. The molecule has 2 nitrogen and oxygen atoms in total.